The van der Waals surface area contributed by atoms with Gasteiger partial charge in [0.15, 0.2) is 0 Å². The first-order chi connectivity index (χ1) is 14.6. The molecule has 4 heterocycles. The highest BCUT2D eigenvalue weighted by Crippen LogP contribution is 2.39. The molecule has 4 amide bonds. The average Bonchev–Trinajstić information content (AvgIpc) is 3.47. The van der Waals surface area contributed by atoms with Gasteiger partial charge >= 0.3 is 6.03 Å². The van der Waals surface area contributed by atoms with Crippen molar-refractivity contribution in [3.63, 3.8) is 0 Å². The molecule has 2 fully saturated rings. The molecule has 1 atom stereocenters. The van der Waals surface area contributed by atoms with Crippen LogP contribution in [0, 0.1) is 0 Å². The van der Waals surface area contributed by atoms with Gasteiger partial charge in [-0.05, 0) is 47.7 Å². The minimum absolute atomic E-state index is 0.0264. The van der Waals surface area contributed by atoms with Crippen LogP contribution in [-0.2, 0) is 16.0 Å². The van der Waals surface area contributed by atoms with E-state index < -0.39 is 11.6 Å². The molecule has 3 aliphatic rings. The van der Waals surface area contributed by atoms with Crippen LogP contribution < -0.4 is 10.7 Å². The molecular formula is C21H24N4O3S2. The smallest absolute Gasteiger partial charge is 0.322 e. The van der Waals surface area contributed by atoms with Crippen LogP contribution in [0.5, 0.6) is 0 Å². The van der Waals surface area contributed by atoms with Crippen molar-refractivity contribution in [2.75, 3.05) is 13.1 Å². The average molecular weight is 445 g/mol. The quantitative estimate of drug-likeness (QED) is 0.711. The SMILES string of the molecule is O=C(CN1CCc2sccc2C1c1cccs1)NN1C(=O)NC2(CCCCC2)C1=O. The zero-order chi connectivity index (χ0) is 20.7. The van der Waals surface area contributed by atoms with E-state index >= 15 is 0 Å². The van der Waals surface area contributed by atoms with Gasteiger partial charge in [-0.3, -0.25) is 19.9 Å². The third-order valence-corrected chi connectivity index (χ3v) is 8.25. The number of hydrazine groups is 1. The molecule has 0 bridgehead atoms. The van der Waals surface area contributed by atoms with Gasteiger partial charge in [0, 0.05) is 16.3 Å². The molecule has 30 heavy (non-hydrogen) atoms. The lowest BCUT2D eigenvalue weighted by Gasteiger charge is -2.35. The van der Waals surface area contributed by atoms with Gasteiger partial charge in [-0.25, -0.2) is 4.79 Å². The fraction of sp³-hybridized carbons (Fsp3) is 0.476. The van der Waals surface area contributed by atoms with Crippen LogP contribution in [0.1, 0.15) is 53.5 Å². The van der Waals surface area contributed by atoms with E-state index in [1.807, 2.05) is 11.4 Å². The molecular weight excluding hydrogens is 420 g/mol. The number of carbonyl (C=O) groups is 3. The van der Waals surface area contributed by atoms with E-state index in [0.717, 1.165) is 37.2 Å². The lowest BCUT2D eigenvalue weighted by molar-refractivity contribution is -0.140. The highest BCUT2D eigenvalue weighted by Gasteiger charge is 2.52. The molecule has 1 unspecified atom stereocenters. The minimum atomic E-state index is -0.835. The summed E-state index contributed by atoms with van der Waals surface area (Å²) in [6, 6.07) is 5.76. The highest BCUT2D eigenvalue weighted by atomic mass is 32.1. The van der Waals surface area contributed by atoms with Crippen LogP contribution in [-0.4, -0.2) is 46.4 Å². The summed E-state index contributed by atoms with van der Waals surface area (Å²) in [4.78, 5) is 42.9. The maximum Gasteiger partial charge on any atom is 0.344 e. The number of urea groups is 1. The Bertz CT molecular complexity index is 965. The second kappa shape index (κ2) is 7.79. The standard InChI is InChI=1S/C21H24N4O3S2/c26-17(23-25-19(27)21(22-20(25)28)8-2-1-3-9-21)13-24-10-6-15-14(7-12-30-15)18(24)16-5-4-11-29-16/h4-5,7,11-12,18H,1-3,6,8-10,13H2,(H,22,28)(H,23,26). The number of thiophene rings is 2. The second-order valence-electron chi connectivity index (χ2n) is 8.19. The van der Waals surface area contributed by atoms with E-state index in [1.54, 1.807) is 22.7 Å². The maximum atomic E-state index is 12.9. The van der Waals surface area contributed by atoms with Crippen molar-refractivity contribution in [3.8, 4) is 0 Å². The van der Waals surface area contributed by atoms with E-state index in [9.17, 15) is 14.4 Å². The summed E-state index contributed by atoms with van der Waals surface area (Å²) in [6.07, 6.45) is 5.06. The van der Waals surface area contributed by atoms with E-state index in [1.165, 1.54) is 15.3 Å². The van der Waals surface area contributed by atoms with E-state index in [-0.39, 0.29) is 24.4 Å². The lowest BCUT2D eigenvalue weighted by atomic mass is 9.82. The predicted octanol–water partition coefficient (Wildman–Crippen LogP) is 3.04. The topological polar surface area (TPSA) is 81.8 Å². The van der Waals surface area contributed by atoms with Crippen molar-refractivity contribution < 1.29 is 14.4 Å². The van der Waals surface area contributed by atoms with Crippen LogP contribution in [0.3, 0.4) is 0 Å². The first-order valence-electron chi connectivity index (χ1n) is 10.4. The van der Waals surface area contributed by atoms with Gasteiger partial charge in [-0.2, -0.15) is 5.01 Å². The van der Waals surface area contributed by atoms with E-state index in [0.29, 0.717) is 12.8 Å². The molecule has 2 aromatic heterocycles. The first kappa shape index (κ1) is 19.7. The molecule has 5 rings (SSSR count). The summed E-state index contributed by atoms with van der Waals surface area (Å²) in [5.41, 5.74) is 2.99. The molecule has 0 aromatic carbocycles. The summed E-state index contributed by atoms with van der Waals surface area (Å²) in [6.45, 7) is 0.884. The summed E-state index contributed by atoms with van der Waals surface area (Å²) in [5, 5.41) is 7.88. The van der Waals surface area contributed by atoms with Crippen molar-refractivity contribution >= 4 is 40.5 Å². The lowest BCUT2D eigenvalue weighted by Crippen LogP contribution is -2.53. The normalized spacial score (nSPS) is 23.5. The van der Waals surface area contributed by atoms with Gasteiger partial charge in [-0.1, -0.05) is 25.3 Å². The Hall–Kier alpha value is -2.23. The van der Waals surface area contributed by atoms with Gasteiger partial charge in [0.1, 0.15) is 5.54 Å². The van der Waals surface area contributed by atoms with E-state index in [4.69, 9.17) is 0 Å². The van der Waals surface area contributed by atoms with Crippen molar-refractivity contribution in [1.29, 1.82) is 0 Å². The molecule has 158 valence electrons. The fourth-order valence-electron chi connectivity index (χ4n) is 4.88. The maximum absolute atomic E-state index is 12.9. The monoisotopic (exact) mass is 444 g/mol. The zero-order valence-electron chi connectivity index (χ0n) is 16.6. The molecule has 1 aliphatic carbocycles. The molecule has 2 N–H and O–H groups in total. The number of amides is 4. The summed E-state index contributed by atoms with van der Waals surface area (Å²) in [5.74, 6) is -0.666. The van der Waals surface area contributed by atoms with Gasteiger partial charge in [0.05, 0.1) is 12.6 Å². The van der Waals surface area contributed by atoms with Crippen molar-refractivity contribution in [1.82, 2.24) is 20.7 Å². The Balaban J connectivity index is 1.30. The van der Waals surface area contributed by atoms with Crippen LogP contribution in [0.25, 0.3) is 0 Å². The fourth-order valence-corrected chi connectivity index (χ4v) is 6.66. The van der Waals surface area contributed by atoms with Crippen LogP contribution in [0.15, 0.2) is 29.0 Å². The second-order valence-corrected chi connectivity index (χ2v) is 10.2. The summed E-state index contributed by atoms with van der Waals surface area (Å²) < 4.78 is 0. The number of rotatable bonds is 4. The third-order valence-electron chi connectivity index (χ3n) is 6.33. The Morgan fingerprint density at radius 1 is 1.17 bits per heavy atom. The van der Waals surface area contributed by atoms with Gasteiger partial charge in [-0.15, -0.1) is 22.7 Å². The Kier molecular flexibility index (Phi) is 5.12. The first-order valence-corrected chi connectivity index (χ1v) is 12.1. The molecule has 7 nitrogen and oxygen atoms in total. The Morgan fingerprint density at radius 3 is 2.77 bits per heavy atom. The summed E-state index contributed by atoms with van der Waals surface area (Å²) >= 11 is 3.44. The van der Waals surface area contributed by atoms with Gasteiger partial charge in [0.25, 0.3) is 11.8 Å². The molecule has 1 saturated carbocycles. The van der Waals surface area contributed by atoms with Crippen molar-refractivity contribution in [3.05, 3.63) is 44.3 Å². The zero-order valence-corrected chi connectivity index (χ0v) is 18.2. The molecule has 1 spiro atoms. The molecule has 2 aliphatic heterocycles. The third kappa shape index (κ3) is 3.34. The van der Waals surface area contributed by atoms with Crippen LogP contribution >= 0.6 is 22.7 Å². The number of nitrogens with one attached hydrogen (secondary N) is 2. The van der Waals surface area contributed by atoms with Crippen LogP contribution in [0.4, 0.5) is 4.79 Å². The Morgan fingerprint density at radius 2 is 2.00 bits per heavy atom. The van der Waals surface area contributed by atoms with Crippen molar-refractivity contribution in [2.24, 2.45) is 0 Å². The number of carbonyl (C=O) groups excluding carboxylic acids is 3. The number of hydrogen-bond donors (Lipinski definition) is 2. The van der Waals surface area contributed by atoms with Gasteiger partial charge < -0.3 is 5.32 Å². The van der Waals surface area contributed by atoms with Gasteiger partial charge in [0.2, 0.25) is 0 Å². The molecule has 9 heteroatoms. The number of hydrogen-bond acceptors (Lipinski definition) is 6. The molecule has 0 radical (unpaired) electrons. The molecule has 1 saturated heterocycles. The molecule has 2 aromatic rings. The predicted molar refractivity (Wildman–Crippen MR) is 115 cm³/mol. The van der Waals surface area contributed by atoms with E-state index in [2.05, 4.69) is 33.2 Å². The number of imide groups is 1. The van der Waals surface area contributed by atoms with Crippen molar-refractivity contribution in [2.45, 2.75) is 50.1 Å². The Labute approximate surface area is 183 Å². The number of fused-ring (bicyclic) bond motifs is 1. The van der Waals surface area contributed by atoms with Crippen LogP contribution in [0.2, 0.25) is 0 Å². The summed E-state index contributed by atoms with van der Waals surface area (Å²) in [7, 11) is 0. The highest BCUT2D eigenvalue weighted by molar-refractivity contribution is 7.10. The number of nitrogens with zero attached hydrogens (tertiary/aromatic N) is 2. The minimum Gasteiger partial charge on any atom is -0.322 e. The largest absolute Gasteiger partial charge is 0.344 e.